The number of benzene rings is 2. The maximum atomic E-state index is 12.3. The Balaban J connectivity index is 1.71. The number of cyclic esters (lactones) is 2. The summed E-state index contributed by atoms with van der Waals surface area (Å²) >= 11 is 0. The first kappa shape index (κ1) is 21.1. The van der Waals surface area contributed by atoms with E-state index in [0.717, 1.165) is 16.7 Å². The summed E-state index contributed by atoms with van der Waals surface area (Å²) in [5.41, 5.74) is 3.27. The predicted molar refractivity (Wildman–Crippen MR) is 111 cm³/mol. The van der Waals surface area contributed by atoms with Gasteiger partial charge in [0, 0.05) is 19.9 Å². The lowest BCUT2D eigenvalue weighted by atomic mass is 9.83. The minimum Gasteiger partial charge on any atom is -0.437 e. The second-order valence-electron chi connectivity index (χ2n) is 7.84. The highest BCUT2D eigenvalue weighted by Crippen LogP contribution is 2.27. The van der Waals surface area contributed by atoms with Crippen LogP contribution in [0.3, 0.4) is 0 Å². The van der Waals surface area contributed by atoms with Gasteiger partial charge >= 0.3 is 19.0 Å². The van der Waals surface area contributed by atoms with Crippen LogP contribution in [0.5, 0.6) is 0 Å². The first-order valence-electron chi connectivity index (χ1n) is 9.78. The second kappa shape index (κ2) is 8.80. The van der Waals surface area contributed by atoms with E-state index in [9.17, 15) is 14.6 Å². The number of hydrogen-bond acceptors (Lipinski definition) is 6. The van der Waals surface area contributed by atoms with Gasteiger partial charge in [-0.25, -0.2) is 0 Å². The number of carbonyl (C=O) groups is 2. The average molecular weight is 395 g/mol. The van der Waals surface area contributed by atoms with Crippen LogP contribution in [0.15, 0.2) is 54.6 Å². The molecule has 152 valence electrons. The van der Waals surface area contributed by atoms with Crippen LogP contribution in [0.25, 0.3) is 11.1 Å². The van der Waals surface area contributed by atoms with Gasteiger partial charge in [0.25, 0.3) is 5.79 Å². The van der Waals surface area contributed by atoms with E-state index in [1.165, 1.54) is 13.8 Å². The van der Waals surface area contributed by atoms with Crippen LogP contribution in [-0.2, 0) is 25.5 Å². The number of carbonyl (C=O) groups excluding carboxylic acids is 2. The molecule has 1 aliphatic heterocycles. The molecule has 0 aliphatic carbocycles. The van der Waals surface area contributed by atoms with Crippen molar-refractivity contribution in [3.8, 4) is 11.1 Å². The summed E-state index contributed by atoms with van der Waals surface area (Å²) in [5.74, 6) is -3.44. The molecule has 1 saturated heterocycles. The van der Waals surface area contributed by atoms with E-state index < -0.39 is 30.7 Å². The van der Waals surface area contributed by atoms with Gasteiger partial charge in [0.1, 0.15) is 0 Å². The molecule has 0 aromatic heterocycles. The van der Waals surface area contributed by atoms with Crippen LogP contribution in [-0.4, -0.2) is 35.8 Å². The van der Waals surface area contributed by atoms with E-state index in [0.29, 0.717) is 6.42 Å². The van der Waals surface area contributed by atoms with Gasteiger partial charge in [0.2, 0.25) is 0 Å². The van der Waals surface area contributed by atoms with Gasteiger partial charge in [0.15, 0.2) is 5.92 Å². The molecule has 1 atom stereocenters. The third-order valence-electron chi connectivity index (χ3n) is 4.80. The molecular weight excluding hydrogens is 369 g/mol. The molecule has 1 heterocycles. The minimum absolute atomic E-state index is 0.180. The predicted octanol–water partition coefficient (Wildman–Crippen LogP) is 2.81. The molecule has 0 spiro atoms. The number of rotatable bonds is 7. The number of esters is 2. The standard InChI is InChI=1S/C22H26BNO5/c1-22(2)28-20(25)19(21(26)29-22)14-18(24-23(3)27)13-15-9-11-17(12-10-15)16-7-5-4-6-8-16/h4-12,18-19,24,27H,13-14H2,1-3H3/t18-/m1/s1. The Morgan fingerprint density at radius 3 is 2.10 bits per heavy atom. The van der Waals surface area contributed by atoms with E-state index in [1.54, 1.807) is 6.82 Å². The van der Waals surface area contributed by atoms with Gasteiger partial charge in [-0.2, -0.15) is 0 Å². The van der Waals surface area contributed by atoms with Gasteiger partial charge in [-0.3, -0.25) is 9.59 Å². The zero-order valence-corrected chi connectivity index (χ0v) is 16.9. The molecule has 3 rings (SSSR count). The van der Waals surface area contributed by atoms with Crippen LogP contribution in [0.1, 0.15) is 25.8 Å². The molecule has 0 saturated carbocycles. The molecule has 1 fully saturated rings. The van der Waals surface area contributed by atoms with Crippen LogP contribution in [0.2, 0.25) is 6.82 Å². The van der Waals surface area contributed by atoms with Crippen molar-refractivity contribution in [1.29, 1.82) is 0 Å². The topological polar surface area (TPSA) is 84.9 Å². The van der Waals surface area contributed by atoms with Gasteiger partial charge in [0.05, 0.1) is 0 Å². The third kappa shape index (κ3) is 5.68. The Morgan fingerprint density at radius 2 is 1.55 bits per heavy atom. The molecule has 2 N–H and O–H groups in total. The minimum atomic E-state index is -1.24. The molecule has 0 unspecified atom stereocenters. The molecule has 6 nitrogen and oxygen atoms in total. The molecular formula is C22H26BNO5. The molecule has 0 radical (unpaired) electrons. The van der Waals surface area contributed by atoms with Crippen molar-refractivity contribution < 1.29 is 24.1 Å². The van der Waals surface area contributed by atoms with Crippen LogP contribution < -0.4 is 5.23 Å². The SMILES string of the molecule is CB(O)N[C@H](Cc1ccc(-c2ccccc2)cc1)CC1C(=O)OC(C)(C)OC1=O. The fraction of sp³-hybridized carbons (Fsp3) is 0.364. The van der Waals surface area contributed by atoms with E-state index >= 15 is 0 Å². The van der Waals surface area contributed by atoms with Crippen LogP contribution in [0, 0.1) is 5.92 Å². The monoisotopic (exact) mass is 395 g/mol. The molecule has 7 heteroatoms. The first-order valence-corrected chi connectivity index (χ1v) is 9.78. The normalized spacial score (nSPS) is 17.4. The van der Waals surface area contributed by atoms with Crippen molar-refractivity contribution in [2.24, 2.45) is 5.92 Å². The molecule has 1 aliphatic rings. The first-order chi connectivity index (χ1) is 13.7. The van der Waals surface area contributed by atoms with Gasteiger partial charge in [-0.15, -0.1) is 0 Å². The van der Waals surface area contributed by atoms with Gasteiger partial charge in [-0.05, 0) is 36.4 Å². The zero-order valence-electron chi connectivity index (χ0n) is 16.9. The quantitative estimate of drug-likeness (QED) is 0.426. The van der Waals surface area contributed by atoms with Crippen molar-refractivity contribution in [2.75, 3.05) is 0 Å². The summed E-state index contributed by atoms with van der Waals surface area (Å²) in [7, 11) is -0.782. The second-order valence-corrected chi connectivity index (χ2v) is 7.84. The molecule has 2 aromatic rings. The van der Waals surface area contributed by atoms with Crippen LogP contribution >= 0.6 is 0 Å². The Morgan fingerprint density at radius 1 is 1.00 bits per heavy atom. The van der Waals surface area contributed by atoms with E-state index in [2.05, 4.69) is 17.4 Å². The van der Waals surface area contributed by atoms with E-state index in [1.807, 2.05) is 42.5 Å². The lowest BCUT2D eigenvalue weighted by Gasteiger charge is -2.34. The zero-order chi connectivity index (χ0) is 21.0. The smallest absolute Gasteiger partial charge is 0.373 e. The lowest BCUT2D eigenvalue weighted by molar-refractivity contribution is -0.240. The highest BCUT2D eigenvalue weighted by Gasteiger charge is 2.44. The Kier molecular flexibility index (Phi) is 6.40. The summed E-state index contributed by atoms with van der Waals surface area (Å²) in [6.07, 6.45) is 0.722. The Hall–Kier alpha value is -2.64. The number of ether oxygens (including phenoxy) is 2. The van der Waals surface area contributed by atoms with Gasteiger partial charge in [-0.1, -0.05) is 54.6 Å². The Bertz CT molecular complexity index is 831. The van der Waals surface area contributed by atoms with Crippen molar-refractivity contribution in [2.45, 2.75) is 45.3 Å². The van der Waals surface area contributed by atoms with E-state index in [4.69, 9.17) is 9.47 Å². The highest BCUT2D eigenvalue weighted by molar-refractivity contribution is 6.45. The highest BCUT2D eigenvalue weighted by atomic mass is 16.7. The fourth-order valence-corrected chi connectivity index (χ4v) is 3.52. The van der Waals surface area contributed by atoms with Crippen LogP contribution in [0.4, 0.5) is 0 Å². The fourth-order valence-electron chi connectivity index (χ4n) is 3.52. The third-order valence-corrected chi connectivity index (χ3v) is 4.80. The lowest BCUT2D eigenvalue weighted by Crippen LogP contribution is -2.50. The van der Waals surface area contributed by atoms with E-state index in [-0.39, 0.29) is 12.5 Å². The summed E-state index contributed by atoms with van der Waals surface area (Å²) in [5, 5.41) is 12.8. The molecule has 0 bridgehead atoms. The summed E-state index contributed by atoms with van der Waals surface area (Å²) < 4.78 is 10.4. The molecule has 0 amide bonds. The largest absolute Gasteiger partial charge is 0.437 e. The van der Waals surface area contributed by atoms with Crippen molar-refractivity contribution in [3.05, 3.63) is 60.2 Å². The molecule has 29 heavy (non-hydrogen) atoms. The van der Waals surface area contributed by atoms with Gasteiger partial charge < -0.3 is 19.7 Å². The molecule has 2 aromatic carbocycles. The summed E-state index contributed by atoms with van der Waals surface area (Å²) in [6.45, 7) is 4.66. The van der Waals surface area contributed by atoms with Crippen molar-refractivity contribution >= 4 is 19.0 Å². The average Bonchev–Trinajstić information content (AvgIpc) is 2.65. The van der Waals surface area contributed by atoms with Crippen molar-refractivity contribution in [1.82, 2.24) is 5.23 Å². The Labute approximate surface area is 171 Å². The summed E-state index contributed by atoms with van der Waals surface area (Å²) in [6, 6.07) is 17.9. The maximum absolute atomic E-state index is 12.3. The van der Waals surface area contributed by atoms with Crippen molar-refractivity contribution in [3.63, 3.8) is 0 Å². The maximum Gasteiger partial charge on any atom is 0.373 e. The number of hydrogen-bond donors (Lipinski definition) is 2. The summed E-state index contributed by atoms with van der Waals surface area (Å²) in [4.78, 5) is 24.6. The number of nitrogens with one attached hydrogen (secondary N) is 1.